The van der Waals surface area contributed by atoms with Crippen LogP contribution in [0.15, 0.2) is 18.2 Å². The summed E-state index contributed by atoms with van der Waals surface area (Å²) in [5, 5.41) is 0. The molecule has 2 rings (SSSR count). The Morgan fingerprint density at radius 2 is 2.15 bits per heavy atom. The lowest BCUT2D eigenvalue weighted by molar-refractivity contribution is -0.140. The van der Waals surface area contributed by atoms with Gasteiger partial charge in [-0.3, -0.25) is 0 Å². The molecule has 0 amide bonds. The summed E-state index contributed by atoms with van der Waals surface area (Å²) in [7, 11) is 0. The molecule has 0 saturated carbocycles. The zero-order valence-corrected chi connectivity index (χ0v) is 10.4. The molecule has 3 nitrogen and oxygen atoms in total. The Bertz CT molecular complexity index is 493. The average molecular weight is 292 g/mol. The second-order valence-corrected chi connectivity index (χ2v) is 4.52. The molecule has 1 aromatic carbocycles. The normalized spacial score (nSPS) is 19.1. The maximum Gasteiger partial charge on any atom is 0.419 e. The number of esters is 1. The van der Waals surface area contributed by atoms with Crippen LogP contribution in [-0.2, 0) is 15.7 Å². The highest BCUT2D eigenvalue weighted by Gasteiger charge is 2.34. The number of benzene rings is 1. The summed E-state index contributed by atoms with van der Waals surface area (Å²) in [5.74, 6) is -2.26. The van der Waals surface area contributed by atoms with Crippen molar-refractivity contribution in [3.63, 3.8) is 0 Å². The Kier molecular flexibility index (Phi) is 4.27. The highest BCUT2D eigenvalue weighted by Crippen LogP contribution is 2.32. The van der Waals surface area contributed by atoms with Gasteiger partial charge in [0, 0.05) is 12.5 Å². The fraction of sp³-hybridized carbons (Fsp3) is 0.462. The van der Waals surface area contributed by atoms with Crippen molar-refractivity contribution >= 4 is 5.97 Å². The van der Waals surface area contributed by atoms with E-state index >= 15 is 0 Å². The number of hydrogen-bond acceptors (Lipinski definition) is 3. The van der Waals surface area contributed by atoms with Crippen LogP contribution in [-0.4, -0.2) is 25.8 Å². The topological polar surface area (TPSA) is 35.5 Å². The zero-order chi connectivity index (χ0) is 14.8. The quantitative estimate of drug-likeness (QED) is 0.634. The van der Waals surface area contributed by atoms with E-state index < -0.39 is 23.5 Å². The molecule has 1 saturated heterocycles. The van der Waals surface area contributed by atoms with Crippen LogP contribution < -0.4 is 0 Å². The van der Waals surface area contributed by atoms with E-state index in [9.17, 15) is 22.4 Å². The molecule has 20 heavy (non-hydrogen) atoms. The van der Waals surface area contributed by atoms with Crippen molar-refractivity contribution in [3.05, 3.63) is 35.1 Å². The smallest absolute Gasteiger partial charge is 0.419 e. The van der Waals surface area contributed by atoms with E-state index in [-0.39, 0.29) is 18.1 Å². The van der Waals surface area contributed by atoms with Gasteiger partial charge in [0.2, 0.25) is 0 Å². The van der Waals surface area contributed by atoms with Crippen molar-refractivity contribution in [1.29, 1.82) is 0 Å². The molecular weight excluding hydrogens is 280 g/mol. The average Bonchev–Trinajstić information content (AvgIpc) is 2.88. The van der Waals surface area contributed by atoms with Gasteiger partial charge in [0.25, 0.3) is 0 Å². The zero-order valence-electron chi connectivity index (χ0n) is 10.4. The molecule has 1 aromatic rings. The molecule has 110 valence electrons. The van der Waals surface area contributed by atoms with E-state index in [1.807, 2.05) is 0 Å². The molecule has 1 unspecified atom stereocenters. The lowest BCUT2D eigenvalue weighted by Gasteiger charge is -2.11. The molecule has 0 radical (unpaired) electrons. The minimum absolute atomic E-state index is 0.0569. The molecule has 0 N–H and O–H groups in total. The van der Waals surface area contributed by atoms with E-state index in [4.69, 9.17) is 9.47 Å². The molecule has 1 aliphatic heterocycles. The molecule has 0 aliphatic carbocycles. The van der Waals surface area contributed by atoms with E-state index in [0.717, 1.165) is 12.5 Å². The molecule has 0 aromatic heterocycles. The first-order valence-corrected chi connectivity index (χ1v) is 5.99. The van der Waals surface area contributed by atoms with Crippen molar-refractivity contribution in [1.82, 2.24) is 0 Å². The summed E-state index contributed by atoms with van der Waals surface area (Å²) in [6.07, 6.45) is -4.11. The first-order chi connectivity index (χ1) is 9.38. The number of rotatable bonds is 3. The van der Waals surface area contributed by atoms with Gasteiger partial charge in [0.15, 0.2) is 0 Å². The van der Waals surface area contributed by atoms with Gasteiger partial charge < -0.3 is 9.47 Å². The van der Waals surface area contributed by atoms with Gasteiger partial charge in [-0.15, -0.1) is 0 Å². The Labute approximate surface area is 112 Å². The van der Waals surface area contributed by atoms with Gasteiger partial charge in [0.05, 0.1) is 24.3 Å². The van der Waals surface area contributed by atoms with Crippen LogP contribution in [0.3, 0.4) is 0 Å². The summed E-state index contributed by atoms with van der Waals surface area (Å²) >= 11 is 0. The Morgan fingerprint density at radius 1 is 1.40 bits per heavy atom. The van der Waals surface area contributed by atoms with Gasteiger partial charge in [0.1, 0.15) is 5.82 Å². The minimum atomic E-state index is -4.85. The SMILES string of the molecule is O=C(OCC1CCOC1)c1ccc(F)c(C(F)(F)F)c1. The van der Waals surface area contributed by atoms with E-state index in [1.165, 1.54) is 0 Å². The van der Waals surface area contributed by atoms with Crippen molar-refractivity contribution in [3.8, 4) is 0 Å². The number of alkyl halides is 3. The van der Waals surface area contributed by atoms with Crippen molar-refractivity contribution in [2.75, 3.05) is 19.8 Å². The van der Waals surface area contributed by atoms with Crippen LogP contribution in [0, 0.1) is 11.7 Å². The minimum Gasteiger partial charge on any atom is -0.462 e. The summed E-state index contributed by atoms with van der Waals surface area (Å²) in [6.45, 7) is 1.12. The summed E-state index contributed by atoms with van der Waals surface area (Å²) in [4.78, 5) is 11.6. The van der Waals surface area contributed by atoms with E-state index in [0.29, 0.717) is 25.3 Å². The monoisotopic (exact) mass is 292 g/mol. The number of hydrogen-bond donors (Lipinski definition) is 0. The first kappa shape index (κ1) is 14.8. The summed E-state index contributed by atoms with van der Waals surface area (Å²) < 4.78 is 60.6. The third-order valence-corrected chi connectivity index (χ3v) is 2.98. The van der Waals surface area contributed by atoms with Gasteiger partial charge >= 0.3 is 12.1 Å². The second-order valence-electron chi connectivity index (χ2n) is 4.52. The van der Waals surface area contributed by atoms with Gasteiger partial charge in [-0.05, 0) is 24.6 Å². The van der Waals surface area contributed by atoms with Crippen molar-refractivity contribution < 1.29 is 31.8 Å². The van der Waals surface area contributed by atoms with Crippen LogP contribution in [0.5, 0.6) is 0 Å². The predicted octanol–water partition coefficient (Wildman–Crippen LogP) is 3.04. The van der Waals surface area contributed by atoms with E-state index in [1.54, 1.807) is 0 Å². The van der Waals surface area contributed by atoms with Gasteiger partial charge in [-0.25, -0.2) is 9.18 Å². The second kappa shape index (κ2) is 5.78. The Balaban J connectivity index is 2.06. The molecule has 1 aliphatic rings. The van der Waals surface area contributed by atoms with Crippen LogP contribution >= 0.6 is 0 Å². The largest absolute Gasteiger partial charge is 0.462 e. The maximum atomic E-state index is 13.1. The lowest BCUT2D eigenvalue weighted by Crippen LogP contribution is -2.16. The van der Waals surface area contributed by atoms with Crippen LogP contribution in [0.2, 0.25) is 0 Å². The van der Waals surface area contributed by atoms with Gasteiger partial charge in [-0.2, -0.15) is 13.2 Å². The van der Waals surface area contributed by atoms with E-state index in [2.05, 4.69) is 0 Å². The fourth-order valence-electron chi connectivity index (χ4n) is 1.86. The van der Waals surface area contributed by atoms with Crippen LogP contribution in [0.25, 0.3) is 0 Å². The molecule has 1 fully saturated rings. The molecular formula is C13H12F4O3. The van der Waals surface area contributed by atoms with Crippen molar-refractivity contribution in [2.45, 2.75) is 12.6 Å². The first-order valence-electron chi connectivity index (χ1n) is 5.99. The molecule has 0 bridgehead atoms. The lowest BCUT2D eigenvalue weighted by atomic mass is 10.1. The summed E-state index contributed by atoms with van der Waals surface area (Å²) in [5.41, 5.74) is -1.80. The number of carbonyl (C=O) groups excluding carboxylic acids is 1. The Hall–Kier alpha value is -1.63. The standard InChI is InChI=1S/C13H12F4O3/c14-11-2-1-9(5-10(11)13(15,16)17)12(18)20-7-8-3-4-19-6-8/h1-2,5,8H,3-4,6-7H2. The molecule has 0 spiro atoms. The molecule has 1 heterocycles. The molecule has 1 atom stereocenters. The number of ether oxygens (including phenoxy) is 2. The Morgan fingerprint density at radius 3 is 2.75 bits per heavy atom. The predicted molar refractivity (Wildman–Crippen MR) is 60.6 cm³/mol. The molecule has 7 heteroatoms. The van der Waals surface area contributed by atoms with Crippen LogP contribution in [0.4, 0.5) is 17.6 Å². The maximum absolute atomic E-state index is 13.1. The highest BCUT2D eigenvalue weighted by atomic mass is 19.4. The van der Waals surface area contributed by atoms with Crippen LogP contribution in [0.1, 0.15) is 22.3 Å². The summed E-state index contributed by atoms with van der Waals surface area (Å²) in [6, 6.07) is 2.04. The third kappa shape index (κ3) is 3.47. The highest BCUT2D eigenvalue weighted by molar-refractivity contribution is 5.89. The third-order valence-electron chi connectivity index (χ3n) is 2.98. The number of halogens is 4. The number of carbonyl (C=O) groups is 1. The van der Waals surface area contributed by atoms with Crippen molar-refractivity contribution in [2.24, 2.45) is 5.92 Å². The van der Waals surface area contributed by atoms with Gasteiger partial charge in [-0.1, -0.05) is 0 Å². The fourth-order valence-corrected chi connectivity index (χ4v) is 1.86.